The van der Waals surface area contributed by atoms with Gasteiger partial charge in [-0.3, -0.25) is 0 Å². The van der Waals surface area contributed by atoms with E-state index >= 15 is 0 Å². The first kappa shape index (κ1) is 13.7. The number of hydrogen-bond donors (Lipinski definition) is 1. The quantitative estimate of drug-likeness (QED) is 0.905. The van der Waals surface area contributed by atoms with Crippen LogP contribution in [0.15, 0.2) is 46.9 Å². The zero-order chi connectivity index (χ0) is 14.2. The average Bonchev–Trinajstić information content (AvgIpc) is 2.48. The molecule has 0 radical (unpaired) electrons. The van der Waals surface area contributed by atoms with Crippen LogP contribution < -0.4 is 4.74 Å². The molecule has 1 unspecified atom stereocenters. The maximum Gasteiger partial charge on any atom is 0.118 e. The van der Waals surface area contributed by atoms with Crippen LogP contribution in [-0.2, 0) is 18.4 Å². The molecule has 0 aliphatic heterocycles. The lowest BCUT2D eigenvalue weighted by Gasteiger charge is -2.34. The second kappa shape index (κ2) is 5.23. The van der Waals surface area contributed by atoms with Crippen molar-refractivity contribution in [3.63, 3.8) is 0 Å². The Bertz CT molecular complexity index is 621. The highest BCUT2D eigenvalue weighted by atomic mass is 79.9. The molecule has 3 heteroatoms. The molecule has 104 valence electrons. The fraction of sp³-hybridized carbons (Fsp3) is 0.294. The van der Waals surface area contributed by atoms with Crippen molar-refractivity contribution in [2.45, 2.75) is 24.9 Å². The van der Waals surface area contributed by atoms with Crippen LogP contribution in [0.1, 0.15) is 23.1 Å². The van der Waals surface area contributed by atoms with Crippen LogP contribution in [0.2, 0.25) is 0 Å². The lowest BCUT2D eigenvalue weighted by atomic mass is 9.76. The van der Waals surface area contributed by atoms with Gasteiger partial charge in [-0.2, -0.15) is 0 Å². The molecule has 3 rings (SSSR count). The molecule has 0 heterocycles. The van der Waals surface area contributed by atoms with E-state index in [-0.39, 0.29) is 0 Å². The summed E-state index contributed by atoms with van der Waals surface area (Å²) in [6.45, 7) is 0. The number of methoxy groups -OCH3 is 1. The molecule has 0 saturated carbocycles. The van der Waals surface area contributed by atoms with E-state index in [4.69, 9.17) is 4.74 Å². The second-order valence-electron chi connectivity index (χ2n) is 5.35. The van der Waals surface area contributed by atoms with Gasteiger partial charge in [0.1, 0.15) is 5.75 Å². The van der Waals surface area contributed by atoms with Crippen molar-refractivity contribution >= 4 is 15.9 Å². The largest absolute Gasteiger partial charge is 0.497 e. The Morgan fingerprint density at radius 1 is 1.10 bits per heavy atom. The van der Waals surface area contributed by atoms with Gasteiger partial charge in [0.05, 0.1) is 12.7 Å². The van der Waals surface area contributed by atoms with Gasteiger partial charge >= 0.3 is 0 Å². The Hall–Kier alpha value is -1.32. The minimum absolute atomic E-state index is 0.669. The zero-order valence-corrected chi connectivity index (χ0v) is 13.0. The number of rotatable bonds is 2. The fourth-order valence-electron chi connectivity index (χ4n) is 2.89. The summed E-state index contributed by atoms with van der Waals surface area (Å²) in [6.07, 6.45) is 2.32. The predicted octanol–water partition coefficient (Wildman–Crippen LogP) is 3.83. The van der Waals surface area contributed by atoms with Crippen LogP contribution in [0.5, 0.6) is 5.75 Å². The maximum atomic E-state index is 11.0. The number of ether oxygens (including phenoxy) is 1. The van der Waals surface area contributed by atoms with Crippen molar-refractivity contribution in [2.75, 3.05) is 7.11 Å². The summed E-state index contributed by atoms with van der Waals surface area (Å²) in [5.41, 5.74) is 2.76. The highest BCUT2D eigenvalue weighted by Crippen LogP contribution is 2.37. The van der Waals surface area contributed by atoms with Gasteiger partial charge in [-0.25, -0.2) is 0 Å². The van der Waals surface area contributed by atoms with Crippen molar-refractivity contribution in [3.8, 4) is 5.75 Å². The van der Waals surface area contributed by atoms with E-state index in [1.165, 1.54) is 11.1 Å². The molecule has 0 fully saturated rings. The Balaban J connectivity index is 1.91. The Kier molecular flexibility index (Phi) is 3.57. The normalized spacial score (nSPS) is 21.4. The van der Waals surface area contributed by atoms with Gasteiger partial charge in [-0.05, 0) is 53.8 Å². The molecular weight excluding hydrogens is 316 g/mol. The topological polar surface area (TPSA) is 29.5 Å². The van der Waals surface area contributed by atoms with E-state index in [0.29, 0.717) is 6.42 Å². The van der Waals surface area contributed by atoms with E-state index in [2.05, 4.69) is 28.1 Å². The Morgan fingerprint density at radius 2 is 1.85 bits per heavy atom. The highest BCUT2D eigenvalue weighted by Gasteiger charge is 2.33. The number of halogens is 1. The van der Waals surface area contributed by atoms with Gasteiger partial charge < -0.3 is 9.84 Å². The van der Waals surface area contributed by atoms with E-state index in [0.717, 1.165) is 28.6 Å². The van der Waals surface area contributed by atoms with Crippen LogP contribution in [0.4, 0.5) is 0 Å². The van der Waals surface area contributed by atoms with Crippen molar-refractivity contribution in [3.05, 3.63) is 63.6 Å². The van der Waals surface area contributed by atoms with E-state index in [1.807, 2.05) is 30.3 Å². The van der Waals surface area contributed by atoms with Gasteiger partial charge in [0, 0.05) is 10.9 Å². The number of hydrogen-bond acceptors (Lipinski definition) is 2. The SMILES string of the molecule is COc1ccc(C2(O)CCc3cc(Br)ccc3C2)cc1. The van der Waals surface area contributed by atoms with Crippen molar-refractivity contribution in [1.29, 1.82) is 0 Å². The molecule has 1 atom stereocenters. The third-order valence-corrected chi connectivity index (χ3v) is 4.58. The predicted molar refractivity (Wildman–Crippen MR) is 83.1 cm³/mol. The van der Waals surface area contributed by atoms with E-state index in [9.17, 15) is 5.11 Å². The summed E-state index contributed by atoms with van der Waals surface area (Å²) < 4.78 is 6.27. The lowest BCUT2D eigenvalue weighted by Crippen LogP contribution is -2.33. The first-order chi connectivity index (χ1) is 9.60. The van der Waals surface area contributed by atoms with Crippen molar-refractivity contribution < 1.29 is 9.84 Å². The Morgan fingerprint density at radius 3 is 2.55 bits per heavy atom. The third-order valence-electron chi connectivity index (χ3n) is 4.09. The third kappa shape index (κ3) is 2.48. The highest BCUT2D eigenvalue weighted by molar-refractivity contribution is 9.10. The summed E-state index contributed by atoms with van der Waals surface area (Å²) >= 11 is 3.50. The summed E-state index contributed by atoms with van der Waals surface area (Å²) in [5.74, 6) is 0.817. The molecule has 20 heavy (non-hydrogen) atoms. The first-order valence-corrected chi connectivity index (χ1v) is 7.54. The second-order valence-corrected chi connectivity index (χ2v) is 6.27. The van der Waals surface area contributed by atoms with E-state index < -0.39 is 5.60 Å². The maximum absolute atomic E-state index is 11.0. The van der Waals surface area contributed by atoms with Gasteiger partial charge in [-0.1, -0.05) is 34.1 Å². The number of aryl methyl sites for hydroxylation is 1. The molecule has 0 amide bonds. The minimum Gasteiger partial charge on any atom is -0.497 e. The summed E-state index contributed by atoms with van der Waals surface area (Å²) in [4.78, 5) is 0. The van der Waals surface area contributed by atoms with Gasteiger partial charge in [0.2, 0.25) is 0 Å². The molecule has 0 saturated heterocycles. The van der Waals surface area contributed by atoms with Gasteiger partial charge in [0.25, 0.3) is 0 Å². The summed E-state index contributed by atoms with van der Waals surface area (Å²) in [7, 11) is 1.65. The molecule has 2 nitrogen and oxygen atoms in total. The smallest absolute Gasteiger partial charge is 0.118 e. The van der Waals surface area contributed by atoms with Gasteiger partial charge in [-0.15, -0.1) is 0 Å². The molecule has 1 aliphatic rings. The monoisotopic (exact) mass is 332 g/mol. The molecule has 1 N–H and O–H groups in total. The summed E-state index contributed by atoms with van der Waals surface area (Å²) in [5, 5.41) is 11.0. The molecule has 2 aromatic carbocycles. The lowest BCUT2D eigenvalue weighted by molar-refractivity contribution is 0.0222. The summed E-state index contributed by atoms with van der Waals surface area (Å²) in [6, 6.07) is 14.0. The van der Waals surface area contributed by atoms with Gasteiger partial charge in [0.15, 0.2) is 0 Å². The molecule has 0 spiro atoms. The number of benzene rings is 2. The standard InChI is InChI=1S/C17H17BrO2/c1-20-16-6-3-14(4-7-16)17(19)9-8-12-10-15(18)5-2-13(12)11-17/h2-7,10,19H,8-9,11H2,1H3. The molecular formula is C17H17BrO2. The van der Waals surface area contributed by atoms with Crippen molar-refractivity contribution in [2.24, 2.45) is 0 Å². The molecule has 0 bridgehead atoms. The van der Waals surface area contributed by atoms with Crippen LogP contribution in [0.3, 0.4) is 0 Å². The van der Waals surface area contributed by atoms with Crippen LogP contribution in [-0.4, -0.2) is 12.2 Å². The van der Waals surface area contributed by atoms with E-state index in [1.54, 1.807) is 7.11 Å². The number of fused-ring (bicyclic) bond motifs is 1. The van der Waals surface area contributed by atoms with Crippen LogP contribution >= 0.6 is 15.9 Å². The Labute approximate surface area is 127 Å². The van der Waals surface area contributed by atoms with Crippen LogP contribution in [0.25, 0.3) is 0 Å². The number of aliphatic hydroxyl groups is 1. The van der Waals surface area contributed by atoms with Crippen molar-refractivity contribution in [1.82, 2.24) is 0 Å². The molecule has 1 aliphatic carbocycles. The first-order valence-electron chi connectivity index (χ1n) is 6.75. The fourth-order valence-corrected chi connectivity index (χ4v) is 3.30. The zero-order valence-electron chi connectivity index (χ0n) is 11.4. The minimum atomic E-state index is -0.771. The molecule has 0 aromatic heterocycles. The van der Waals surface area contributed by atoms with Crippen LogP contribution in [0, 0.1) is 0 Å². The average molecular weight is 333 g/mol. The molecule has 2 aromatic rings.